The molecule has 3 rings (SSSR count). The third kappa shape index (κ3) is 3.13. The fourth-order valence-electron chi connectivity index (χ4n) is 3.79. The molecule has 0 saturated heterocycles. The number of benzene rings is 2. The number of rotatable bonds is 3. The van der Waals surface area contributed by atoms with Crippen LogP contribution in [0.3, 0.4) is 0 Å². The lowest BCUT2D eigenvalue weighted by Crippen LogP contribution is -2.23. The van der Waals surface area contributed by atoms with E-state index in [0.29, 0.717) is 5.92 Å². The molecule has 1 heteroatoms. The van der Waals surface area contributed by atoms with Gasteiger partial charge >= 0.3 is 0 Å². The molecular weight excluding hydrogens is 256 g/mol. The number of hydrogen-bond acceptors (Lipinski definition) is 1. The Balaban J connectivity index is 1.73. The van der Waals surface area contributed by atoms with E-state index in [1.165, 1.54) is 23.6 Å². The van der Waals surface area contributed by atoms with Crippen molar-refractivity contribution < 1.29 is 5.11 Å². The van der Waals surface area contributed by atoms with Crippen LogP contribution in [0.25, 0.3) is 10.8 Å². The topological polar surface area (TPSA) is 20.2 Å². The van der Waals surface area contributed by atoms with Crippen LogP contribution in [0, 0.1) is 17.8 Å². The molecule has 0 heterocycles. The molecule has 1 fully saturated rings. The molecule has 1 nitrogen and oxygen atoms in total. The van der Waals surface area contributed by atoms with Crippen LogP contribution in [0.1, 0.15) is 51.2 Å². The SMILES string of the molecule is CC(C)C1CCC(C(O)c2ccc3ccccc3c2)CC1. The molecule has 0 amide bonds. The average Bonchev–Trinajstić information content (AvgIpc) is 2.54. The van der Waals surface area contributed by atoms with E-state index in [0.717, 1.165) is 30.2 Å². The second-order valence-corrected chi connectivity index (χ2v) is 6.97. The second kappa shape index (κ2) is 6.19. The fourth-order valence-corrected chi connectivity index (χ4v) is 3.79. The maximum absolute atomic E-state index is 10.7. The summed E-state index contributed by atoms with van der Waals surface area (Å²) in [7, 11) is 0. The van der Waals surface area contributed by atoms with E-state index < -0.39 is 0 Å². The van der Waals surface area contributed by atoms with Crippen LogP contribution in [0.2, 0.25) is 0 Å². The Bertz CT molecular complexity index is 594. The van der Waals surface area contributed by atoms with Crippen molar-refractivity contribution in [1.82, 2.24) is 0 Å². The second-order valence-electron chi connectivity index (χ2n) is 6.97. The summed E-state index contributed by atoms with van der Waals surface area (Å²) in [6.07, 6.45) is 4.57. The number of aliphatic hydroxyl groups is 1. The van der Waals surface area contributed by atoms with Gasteiger partial charge in [0.2, 0.25) is 0 Å². The molecule has 0 radical (unpaired) electrons. The normalized spacial score (nSPS) is 24.4. The molecule has 0 aromatic heterocycles. The summed E-state index contributed by atoms with van der Waals surface area (Å²) in [5.74, 6) is 2.06. The molecule has 1 atom stereocenters. The first-order chi connectivity index (χ1) is 10.1. The van der Waals surface area contributed by atoms with Gasteiger partial charge in [0.1, 0.15) is 0 Å². The first-order valence-corrected chi connectivity index (χ1v) is 8.32. The minimum absolute atomic E-state index is 0.303. The number of fused-ring (bicyclic) bond motifs is 1. The fraction of sp³-hybridized carbons (Fsp3) is 0.500. The van der Waals surface area contributed by atoms with Crippen molar-refractivity contribution in [3.63, 3.8) is 0 Å². The summed E-state index contributed by atoms with van der Waals surface area (Å²) in [5, 5.41) is 13.2. The Labute approximate surface area is 128 Å². The van der Waals surface area contributed by atoms with Crippen LogP contribution in [0.5, 0.6) is 0 Å². The largest absolute Gasteiger partial charge is 0.388 e. The summed E-state index contributed by atoms with van der Waals surface area (Å²) < 4.78 is 0. The summed E-state index contributed by atoms with van der Waals surface area (Å²) in [5.41, 5.74) is 1.08. The number of hydrogen-bond donors (Lipinski definition) is 1. The quantitative estimate of drug-likeness (QED) is 0.806. The van der Waals surface area contributed by atoms with Crippen LogP contribution >= 0.6 is 0 Å². The van der Waals surface area contributed by atoms with E-state index in [-0.39, 0.29) is 6.10 Å². The van der Waals surface area contributed by atoms with Gasteiger partial charge in [-0.15, -0.1) is 0 Å². The Morgan fingerprint density at radius 3 is 2.14 bits per heavy atom. The van der Waals surface area contributed by atoms with E-state index in [9.17, 15) is 5.11 Å². The third-order valence-corrected chi connectivity index (χ3v) is 5.32. The van der Waals surface area contributed by atoms with Gasteiger partial charge in [0.15, 0.2) is 0 Å². The summed E-state index contributed by atoms with van der Waals surface area (Å²) >= 11 is 0. The Morgan fingerprint density at radius 2 is 1.48 bits per heavy atom. The monoisotopic (exact) mass is 282 g/mol. The molecule has 1 aliphatic rings. The lowest BCUT2D eigenvalue weighted by atomic mass is 9.74. The molecule has 21 heavy (non-hydrogen) atoms. The van der Waals surface area contributed by atoms with Gasteiger partial charge in [0.25, 0.3) is 0 Å². The molecule has 1 saturated carbocycles. The highest BCUT2D eigenvalue weighted by molar-refractivity contribution is 5.83. The number of aliphatic hydroxyl groups excluding tert-OH is 1. The van der Waals surface area contributed by atoms with Crippen molar-refractivity contribution in [2.45, 2.75) is 45.6 Å². The molecule has 112 valence electrons. The lowest BCUT2D eigenvalue weighted by Gasteiger charge is -2.33. The van der Waals surface area contributed by atoms with Crippen LogP contribution in [0.4, 0.5) is 0 Å². The molecule has 1 N–H and O–H groups in total. The van der Waals surface area contributed by atoms with E-state index in [4.69, 9.17) is 0 Å². The van der Waals surface area contributed by atoms with Gasteiger partial charge < -0.3 is 5.11 Å². The standard InChI is InChI=1S/C20H26O/c1-14(2)15-7-10-17(11-8-15)20(21)19-12-9-16-5-3-4-6-18(16)13-19/h3-6,9,12-15,17,20-21H,7-8,10-11H2,1-2H3. The molecule has 1 unspecified atom stereocenters. The van der Waals surface area contributed by atoms with Gasteiger partial charge in [-0.1, -0.05) is 50.2 Å². The van der Waals surface area contributed by atoms with Gasteiger partial charge in [0.05, 0.1) is 6.10 Å². The van der Waals surface area contributed by atoms with Crippen molar-refractivity contribution in [3.05, 3.63) is 48.0 Å². The minimum Gasteiger partial charge on any atom is -0.388 e. The molecule has 2 aromatic rings. The predicted octanol–water partition coefficient (Wildman–Crippen LogP) is 5.34. The third-order valence-electron chi connectivity index (χ3n) is 5.32. The predicted molar refractivity (Wildman–Crippen MR) is 89.2 cm³/mol. The maximum atomic E-state index is 10.7. The van der Waals surface area contributed by atoms with Crippen molar-refractivity contribution in [2.24, 2.45) is 17.8 Å². The maximum Gasteiger partial charge on any atom is 0.0818 e. The zero-order valence-corrected chi connectivity index (χ0v) is 13.1. The Morgan fingerprint density at radius 1 is 0.857 bits per heavy atom. The van der Waals surface area contributed by atoms with Crippen LogP contribution in [-0.2, 0) is 0 Å². The first kappa shape index (κ1) is 14.6. The molecule has 0 aliphatic heterocycles. The van der Waals surface area contributed by atoms with E-state index in [1.807, 2.05) is 0 Å². The molecular formula is C20H26O. The van der Waals surface area contributed by atoms with E-state index in [1.54, 1.807) is 0 Å². The van der Waals surface area contributed by atoms with Gasteiger partial charge in [-0.3, -0.25) is 0 Å². The summed E-state index contributed by atoms with van der Waals surface area (Å²) in [4.78, 5) is 0. The van der Waals surface area contributed by atoms with Crippen LogP contribution in [0.15, 0.2) is 42.5 Å². The highest BCUT2D eigenvalue weighted by atomic mass is 16.3. The molecule has 0 spiro atoms. The highest BCUT2D eigenvalue weighted by Gasteiger charge is 2.28. The smallest absolute Gasteiger partial charge is 0.0818 e. The van der Waals surface area contributed by atoms with Gasteiger partial charge in [0, 0.05) is 0 Å². The highest BCUT2D eigenvalue weighted by Crippen LogP contribution is 2.39. The van der Waals surface area contributed by atoms with Gasteiger partial charge in [-0.05, 0) is 65.8 Å². The van der Waals surface area contributed by atoms with E-state index >= 15 is 0 Å². The van der Waals surface area contributed by atoms with E-state index in [2.05, 4.69) is 56.3 Å². The lowest BCUT2D eigenvalue weighted by molar-refractivity contribution is 0.0669. The zero-order valence-electron chi connectivity index (χ0n) is 13.1. The van der Waals surface area contributed by atoms with Crippen molar-refractivity contribution in [1.29, 1.82) is 0 Å². The molecule has 0 bridgehead atoms. The van der Waals surface area contributed by atoms with Crippen molar-refractivity contribution in [2.75, 3.05) is 0 Å². The Kier molecular flexibility index (Phi) is 4.30. The molecule has 2 aromatic carbocycles. The molecule has 1 aliphatic carbocycles. The van der Waals surface area contributed by atoms with Gasteiger partial charge in [-0.25, -0.2) is 0 Å². The Hall–Kier alpha value is -1.34. The van der Waals surface area contributed by atoms with Gasteiger partial charge in [-0.2, -0.15) is 0 Å². The average molecular weight is 282 g/mol. The van der Waals surface area contributed by atoms with Crippen LogP contribution < -0.4 is 0 Å². The first-order valence-electron chi connectivity index (χ1n) is 8.32. The summed E-state index contributed by atoms with van der Waals surface area (Å²) in [6.45, 7) is 4.65. The van der Waals surface area contributed by atoms with Crippen molar-refractivity contribution in [3.8, 4) is 0 Å². The summed E-state index contributed by atoms with van der Waals surface area (Å²) in [6, 6.07) is 14.8. The zero-order chi connectivity index (χ0) is 14.8. The van der Waals surface area contributed by atoms with Crippen LogP contribution in [-0.4, -0.2) is 5.11 Å². The minimum atomic E-state index is -0.303. The van der Waals surface area contributed by atoms with Crippen molar-refractivity contribution >= 4 is 10.8 Å².